The lowest BCUT2D eigenvalue weighted by Crippen LogP contribution is -1.82. The van der Waals surface area contributed by atoms with E-state index in [2.05, 4.69) is 12.6 Å². The van der Waals surface area contributed by atoms with Gasteiger partial charge in [0.15, 0.2) is 0 Å². The molecule has 0 rings (SSSR count). The van der Waals surface area contributed by atoms with Crippen molar-refractivity contribution < 1.29 is 0 Å². The summed E-state index contributed by atoms with van der Waals surface area (Å²) in [6.07, 6.45) is 10.7. The van der Waals surface area contributed by atoms with Gasteiger partial charge in [-0.1, -0.05) is 38.5 Å². The third-order valence-corrected chi connectivity index (χ3v) is 2.63. The zero-order valence-corrected chi connectivity index (χ0v) is 9.55. The van der Waals surface area contributed by atoms with Crippen LogP contribution < -0.4 is 0 Å². The van der Waals surface area contributed by atoms with Crippen molar-refractivity contribution in [1.29, 1.82) is 0 Å². The zero-order chi connectivity index (χ0) is 9.07. The van der Waals surface area contributed by atoms with Gasteiger partial charge in [0.05, 0.1) is 0 Å². The first-order valence-electron chi connectivity index (χ1n) is 5.08. The minimum Gasteiger partial charge on any atom is -0.179 e. The van der Waals surface area contributed by atoms with E-state index in [1.54, 1.807) is 0 Å². The molecule has 0 saturated carbocycles. The second-order valence-electron chi connectivity index (χ2n) is 3.24. The Morgan fingerprint density at radius 1 is 0.667 bits per heavy atom. The average molecular weight is 209 g/mol. The largest absolute Gasteiger partial charge is 0.179 e. The Balaban J connectivity index is 2.73. The zero-order valence-electron chi connectivity index (χ0n) is 7.90. The van der Waals surface area contributed by atoms with E-state index >= 15 is 0 Å². The fraction of sp³-hybridized carbons (Fsp3) is 1.00. The summed E-state index contributed by atoms with van der Waals surface area (Å²) in [5, 5.41) is 0. The van der Waals surface area contributed by atoms with Crippen LogP contribution in [0.25, 0.3) is 0 Å². The van der Waals surface area contributed by atoms with Gasteiger partial charge >= 0.3 is 0 Å². The van der Waals surface area contributed by atoms with Gasteiger partial charge in [0.1, 0.15) is 0 Å². The van der Waals surface area contributed by atoms with Crippen molar-refractivity contribution in [1.82, 2.24) is 0 Å². The Bertz CT molecular complexity index is 66.2. The summed E-state index contributed by atoms with van der Waals surface area (Å²) in [5.74, 6) is 1.88. The van der Waals surface area contributed by atoms with Crippen molar-refractivity contribution in [3.05, 3.63) is 0 Å². The highest BCUT2D eigenvalue weighted by Crippen LogP contribution is 2.08. The Hall–Kier alpha value is 0.640. The minimum absolute atomic E-state index is 0.833. The van der Waals surface area contributed by atoms with E-state index in [1.165, 1.54) is 51.4 Å². The lowest BCUT2D eigenvalue weighted by molar-refractivity contribution is 0.587. The van der Waals surface area contributed by atoms with Crippen molar-refractivity contribution in [3.63, 3.8) is 0 Å². The van der Waals surface area contributed by atoms with Gasteiger partial charge in [0.25, 0.3) is 0 Å². The summed E-state index contributed by atoms with van der Waals surface area (Å²) in [7, 11) is 0. The molecular formula is C10H21ClS. The maximum Gasteiger partial charge on any atom is 0.0223 e. The lowest BCUT2D eigenvalue weighted by atomic mass is 10.1. The van der Waals surface area contributed by atoms with Gasteiger partial charge < -0.3 is 0 Å². The van der Waals surface area contributed by atoms with Crippen LogP contribution in [0.5, 0.6) is 0 Å². The van der Waals surface area contributed by atoms with Gasteiger partial charge in [0.2, 0.25) is 0 Å². The number of alkyl halides is 1. The molecule has 0 saturated heterocycles. The van der Waals surface area contributed by atoms with E-state index in [1.807, 2.05) is 0 Å². The predicted octanol–water partition coefficient (Wildman–Crippen LogP) is 4.28. The molecule has 0 aliphatic carbocycles. The molecule has 12 heavy (non-hydrogen) atoms. The summed E-state index contributed by atoms with van der Waals surface area (Å²) < 4.78 is 0. The van der Waals surface area contributed by atoms with Crippen LogP contribution >= 0.6 is 24.2 Å². The van der Waals surface area contributed by atoms with Gasteiger partial charge in [-0.25, -0.2) is 0 Å². The molecular weight excluding hydrogens is 188 g/mol. The molecule has 0 bridgehead atoms. The van der Waals surface area contributed by atoms with E-state index in [4.69, 9.17) is 11.6 Å². The fourth-order valence-corrected chi connectivity index (χ4v) is 1.68. The second kappa shape index (κ2) is 11.6. The normalized spacial score (nSPS) is 10.5. The van der Waals surface area contributed by atoms with E-state index in [-0.39, 0.29) is 0 Å². The van der Waals surface area contributed by atoms with Gasteiger partial charge in [-0.05, 0) is 18.6 Å². The van der Waals surface area contributed by atoms with Crippen LogP contribution in [0.3, 0.4) is 0 Å². The van der Waals surface area contributed by atoms with Crippen molar-refractivity contribution in [3.8, 4) is 0 Å². The molecule has 0 heterocycles. The highest BCUT2D eigenvalue weighted by molar-refractivity contribution is 7.80. The van der Waals surface area contributed by atoms with Crippen LogP contribution in [0.2, 0.25) is 0 Å². The molecule has 0 nitrogen and oxygen atoms in total. The highest BCUT2D eigenvalue weighted by atomic mass is 35.5. The maximum atomic E-state index is 5.57. The number of rotatable bonds is 9. The van der Waals surface area contributed by atoms with Gasteiger partial charge in [-0.2, -0.15) is 12.6 Å². The van der Waals surface area contributed by atoms with Crippen molar-refractivity contribution in [2.24, 2.45) is 0 Å². The molecule has 0 fully saturated rings. The molecule has 0 aromatic carbocycles. The van der Waals surface area contributed by atoms with Crippen molar-refractivity contribution in [2.75, 3.05) is 11.6 Å². The Morgan fingerprint density at radius 3 is 1.50 bits per heavy atom. The van der Waals surface area contributed by atoms with Crippen LogP contribution in [0.15, 0.2) is 0 Å². The number of hydrogen-bond acceptors (Lipinski definition) is 1. The third-order valence-electron chi connectivity index (χ3n) is 2.04. The molecule has 2 heteroatoms. The van der Waals surface area contributed by atoms with Crippen LogP contribution in [-0.2, 0) is 0 Å². The topological polar surface area (TPSA) is 0 Å². The number of halogens is 1. The number of unbranched alkanes of at least 4 members (excludes halogenated alkanes) is 7. The molecule has 0 aromatic rings. The highest BCUT2D eigenvalue weighted by Gasteiger charge is 1.90. The van der Waals surface area contributed by atoms with Gasteiger partial charge in [-0.3, -0.25) is 0 Å². The van der Waals surface area contributed by atoms with Gasteiger partial charge in [0, 0.05) is 5.88 Å². The first kappa shape index (κ1) is 12.6. The SMILES string of the molecule is SCCCCCCCCCCCl. The van der Waals surface area contributed by atoms with Gasteiger partial charge in [-0.15, -0.1) is 11.6 Å². The van der Waals surface area contributed by atoms with Crippen LogP contribution in [0.4, 0.5) is 0 Å². The summed E-state index contributed by atoms with van der Waals surface area (Å²) in [6.45, 7) is 0. The lowest BCUT2D eigenvalue weighted by Gasteiger charge is -1.99. The quantitative estimate of drug-likeness (QED) is 0.327. The average Bonchev–Trinajstić information content (AvgIpc) is 2.10. The summed E-state index contributed by atoms with van der Waals surface area (Å²) in [6, 6.07) is 0. The molecule has 0 aliphatic rings. The van der Waals surface area contributed by atoms with Crippen molar-refractivity contribution >= 4 is 24.2 Å². The van der Waals surface area contributed by atoms with E-state index in [0.717, 1.165) is 11.6 Å². The van der Waals surface area contributed by atoms with Crippen LogP contribution in [0, 0.1) is 0 Å². The molecule has 0 spiro atoms. The van der Waals surface area contributed by atoms with E-state index in [0.29, 0.717) is 0 Å². The number of hydrogen-bond donors (Lipinski definition) is 1. The van der Waals surface area contributed by atoms with E-state index < -0.39 is 0 Å². The second-order valence-corrected chi connectivity index (χ2v) is 4.07. The Labute approximate surface area is 87.5 Å². The first-order valence-corrected chi connectivity index (χ1v) is 6.25. The van der Waals surface area contributed by atoms with Crippen LogP contribution in [-0.4, -0.2) is 11.6 Å². The Kier molecular flexibility index (Phi) is 12.3. The first-order chi connectivity index (χ1) is 5.91. The molecule has 0 unspecified atom stereocenters. The van der Waals surface area contributed by atoms with Crippen molar-refractivity contribution in [2.45, 2.75) is 51.4 Å². The van der Waals surface area contributed by atoms with Crippen LogP contribution in [0.1, 0.15) is 51.4 Å². The Morgan fingerprint density at radius 2 is 1.08 bits per heavy atom. The fourth-order valence-electron chi connectivity index (χ4n) is 1.27. The summed E-state index contributed by atoms with van der Waals surface area (Å²) in [5.41, 5.74) is 0. The maximum absolute atomic E-state index is 5.57. The molecule has 0 amide bonds. The molecule has 74 valence electrons. The molecule has 0 radical (unpaired) electrons. The summed E-state index contributed by atoms with van der Waals surface area (Å²) >= 11 is 9.75. The smallest absolute Gasteiger partial charge is 0.0223 e. The molecule has 0 aliphatic heterocycles. The predicted molar refractivity (Wildman–Crippen MR) is 61.5 cm³/mol. The van der Waals surface area contributed by atoms with E-state index in [9.17, 15) is 0 Å². The minimum atomic E-state index is 0.833. The number of thiol groups is 1. The molecule has 0 atom stereocenters. The summed E-state index contributed by atoms with van der Waals surface area (Å²) in [4.78, 5) is 0. The molecule has 0 N–H and O–H groups in total. The monoisotopic (exact) mass is 208 g/mol. The molecule has 0 aromatic heterocycles. The third kappa shape index (κ3) is 10.6. The standard InChI is InChI=1S/C10H21ClS/c11-9-7-5-3-1-2-4-6-8-10-12/h12H,1-10H2.